The fraction of sp³-hybridized carbons (Fsp3) is 0.308. The van der Waals surface area contributed by atoms with Gasteiger partial charge in [-0.25, -0.2) is 4.98 Å². The van der Waals surface area contributed by atoms with Gasteiger partial charge in [-0.3, -0.25) is 9.89 Å². The summed E-state index contributed by atoms with van der Waals surface area (Å²) in [6.07, 6.45) is 2.41. The van der Waals surface area contributed by atoms with Crippen LogP contribution in [0.5, 0.6) is 0 Å². The molecule has 6 heteroatoms. The molecule has 1 aromatic heterocycles. The van der Waals surface area contributed by atoms with Crippen LogP contribution in [0.15, 0.2) is 24.5 Å². The van der Waals surface area contributed by atoms with E-state index in [-0.39, 0.29) is 5.91 Å². The Morgan fingerprint density at radius 3 is 3.16 bits per heavy atom. The Bertz CT molecular complexity index is 593. The third-order valence-corrected chi connectivity index (χ3v) is 3.26. The number of nitrogens with one attached hydrogen (secondary N) is 2. The first-order valence-electron chi connectivity index (χ1n) is 6.20. The molecule has 6 nitrogen and oxygen atoms in total. The van der Waals surface area contributed by atoms with Crippen LogP contribution in [0.2, 0.25) is 0 Å². The highest BCUT2D eigenvalue weighted by molar-refractivity contribution is 5.94. The minimum atomic E-state index is -0.00824. The molecule has 0 saturated heterocycles. The van der Waals surface area contributed by atoms with Crippen molar-refractivity contribution in [1.82, 2.24) is 20.1 Å². The molecular weight excluding hydrogens is 242 g/mol. The second kappa shape index (κ2) is 4.72. The van der Waals surface area contributed by atoms with Crippen LogP contribution in [0.1, 0.15) is 21.7 Å². The summed E-state index contributed by atoms with van der Waals surface area (Å²) in [4.78, 5) is 18.0. The maximum Gasteiger partial charge on any atom is 0.254 e. The molecular formula is C13H15N5O. The van der Waals surface area contributed by atoms with Crippen molar-refractivity contribution in [2.75, 3.05) is 18.9 Å². The van der Waals surface area contributed by atoms with Crippen molar-refractivity contribution < 1.29 is 4.79 Å². The van der Waals surface area contributed by atoms with Crippen LogP contribution in [-0.2, 0) is 13.0 Å². The first kappa shape index (κ1) is 11.7. The van der Waals surface area contributed by atoms with Gasteiger partial charge >= 0.3 is 0 Å². The lowest BCUT2D eigenvalue weighted by atomic mass is 10.1. The molecule has 1 aliphatic rings. The fourth-order valence-corrected chi connectivity index (χ4v) is 2.26. The molecule has 0 radical (unpaired) electrons. The van der Waals surface area contributed by atoms with E-state index in [2.05, 4.69) is 20.5 Å². The summed E-state index contributed by atoms with van der Waals surface area (Å²) in [5.41, 5.74) is 3.05. The minimum absolute atomic E-state index is 0.00824. The fourth-order valence-electron chi connectivity index (χ4n) is 2.26. The van der Waals surface area contributed by atoms with Crippen LogP contribution in [0.25, 0.3) is 0 Å². The summed E-state index contributed by atoms with van der Waals surface area (Å²) in [5.74, 6) is 0.671. The smallest absolute Gasteiger partial charge is 0.254 e. The maximum atomic E-state index is 12.3. The number of aromatic nitrogens is 3. The Hall–Kier alpha value is -2.37. The first-order chi connectivity index (χ1) is 9.24. The van der Waals surface area contributed by atoms with E-state index in [9.17, 15) is 4.79 Å². The Balaban J connectivity index is 1.76. The van der Waals surface area contributed by atoms with Gasteiger partial charge in [0.25, 0.3) is 5.91 Å². The molecule has 1 aromatic carbocycles. The number of benzene rings is 1. The predicted octanol–water partition coefficient (Wildman–Crippen LogP) is 1.04. The quantitative estimate of drug-likeness (QED) is 0.861. The topological polar surface area (TPSA) is 73.9 Å². The van der Waals surface area contributed by atoms with Crippen molar-refractivity contribution in [1.29, 1.82) is 0 Å². The highest BCUT2D eigenvalue weighted by Gasteiger charge is 2.16. The molecule has 0 atom stereocenters. The van der Waals surface area contributed by atoms with Gasteiger partial charge in [0.1, 0.15) is 12.2 Å². The van der Waals surface area contributed by atoms with E-state index in [4.69, 9.17) is 0 Å². The van der Waals surface area contributed by atoms with Gasteiger partial charge in [0.05, 0.1) is 6.54 Å². The van der Waals surface area contributed by atoms with Crippen LogP contribution in [0.3, 0.4) is 0 Å². The zero-order chi connectivity index (χ0) is 13.2. The van der Waals surface area contributed by atoms with Gasteiger partial charge in [-0.05, 0) is 30.2 Å². The van der Waals surface area contributed by atoms with Gasteiger partial charge in [0.2, 0.25) is 0 Å². The van der Waals surface area contributed by atoms with E-state index in [0.29, 0.717) is 17.9 Å². The second-order valence-electron chi connectivity index (χ2n) is 4.64. The van der Waals surface area contributed by atoms with E-state index in [1.54, 1.807) is 11.9 Å². The number of hydrogen-bond acceptors (Lipinski definition) is 4. The highest BCUT2D eigenvalue weighted by Crippen LogP contribution is 2.23. The molecule has 0 saturated carbocycles. The van der Waals surface area contributed by atoms with Crippen molar-refractivity contribution >= 4 is 11.6 Å². The van der Waals surface area contributed by atoms with Gasteiger partial charge in [-0.1, -0.05) is 0 Å². The molecule has 0 spiro atoms. The largest absolute Gasteiger partial charge is 0.384 e. The summed E-state index contributed by atoms with van der Waals surface area (Å²) in [7, 11) is 1.76. The Morgan fingerprint density at radius 2 is 2.37 bits per heavy atom. The summed E-state index contributed by atoms with van der Waals surface area (Å²) >= 11 is 0. The average Bonchev–Trinajstić information content (AvgIpc) is 3.07. The SMILES string of the molecule is CN(Cc1ncn[nH]1)C(=O)c1ccc2c(c1)CCN2. The van der Waals surface area contributed by atoms with Crippen molar-refractivity contribution in [3.8, 4) is 0 Å². The predicted molar refractivity (Wildman–Crippen MR) is 70.8 cm³/mol. The Labute approximate surface area is 110 Å². The molecule has 0 fully saturated rings. The number of hydrogen-bond donors (Lipinski definition) is 2. The minimum Gasteiger partial charge on any atom is -0.384 e. The molecule has 2 heterocycles. The first-order valence-corrected chi connectivity index (χ1v) is 6.20. The molecule has 3 rings (SSSR count). The maximum absolute atomic E-state index is 12.3. The Kier molecular flexibility index (Phi) is 2.91. The van der Waals surface area contributed by atoms with E-state index in [1.165, 1.54) is 11.9 Å². The number of nitrogens with zero attached hydrogens (tertiary/aromatic N) is 3. The molecule has 2 N–H and O–H groups in total. The van der Waals surface area contributed by atoms with Gasteiger partial charge in [-0.15, -0.1) is 0 Å². The van der Waals surface area contributed by atoms with Crippen molar-refractivity contribution in [2.45, 2.75) is 13.0 Å². The molecule has 1 amide bonds. The number of aromatic amines is 1. The number of anilines is 1. The van der Waals surface area contributed by atoms with E-state index in [1.807, 2.05) is 18.2 Å². The van der Waals surface area contributed by atoms with Crippen molar-refractivity contribution in [2.24, 2.45) is 0 Å². The second-order valence-corrected chi connectivity index (χ2v) is 4.64. The lowest BCUT2D eigenvalue weighted by Gasteiger charge is -2.16. The molecule has 2 aromatic rings. The summed E-state index contributed by atoms with van der Waals surface area (Å²) in [6.45, 7) is 1.37. The van der Waals surface area contributed by atoms with Crippen LogP contribution in [-0.4, -0.2) is 39.6 Å². The van der Waals surface area contributed by atoms with Gasteiger partial charge < -0.3 is 10.2 Å². The third-order valence-electron chi connectivity index (χ3n) is 3.26. The van der Waals surface area contributed by atoms with Crippen molar-refractivity contribution in [3.05, 3.63) is 41.5 Å². The van der Waals surface area contributed by atoms with E-state index in [0.717, 1.165) is 18.7 Å². The lowest BCUT2D eigenvalue weighted by Crippen LogP contribution is -2.26. The molecule has 0 unspecified atom stereocenters. The van der Waals surface area contributed by atoms with Crippen LogP contribution < -0.4 is 5.32 Å². The highest BCUT2D eigenvalue weighted by atomic mass is 16.2. The standard InChI is InChI=1S/C13H15N5O/c1-18(7-12-15-8-16-17-12)13(19)10-2-3-11-9(6-10)4-5-14-11/h2-3,6,8,14H,4-5,7H2,1H3,(H,15,16,17). The Morgan fingerprint density at radius 1 is 1.47 bits per heavy atom. The van der Waals surface area contributed by atoms with Gasteiger partial charge in [0, 0.05) is 24.8 Å². The summed E-state index contributed by atoms with van der Waals surface area (Å²) in [5, 5.41) is 9.81. The molecule has 0 bridgehead atoms. The van der Waals surface area contributed by atoms with E-state index >= 15 is 0 Å². The molecule has 19 heavy (non-hydrogen) atoms. The average molecular weight is 257 g/mol. The number of rotatable bonds is 3. The van der Waals surface area contributed by atoms with Crippen LogP contribution in [0.4, 0.5) is 5.69 Å². The normalized spacial score (nSPS) is 12.9. The molecule has 0 aliphatic carbocycles. The zero-order valence-corrected chi connectivity index (χ0v) is 10.7. The zero-order valence-electron chi connectivity index (χ0n) is 10.7. The number of H-pyrrole nitrogens is 1. The van der Waals surface area contributed by atoms with Crippen LogP contribution in [0, 0.1) is 0 Å². The summed E-state index contributed by atoms with van der Waals surface area (Å²) in [6, 6.07) is 5.79. The summed E-state index contributed by atoms with van der Waals surface area (Å²) < 4.78 is 0. The molecule has 98 valence electrons. The number of carbonyl (C=O) groups is 1. The monoisotopic (exact) mass is 257 g/mol. The van der Waals surface area contributed by atoms with Crippen LogP contribution >= 0.6 is 0 Å². The lowest BCUT2D eigenvalue weighted by molar-refractivity contribution is 0.0781. The van der Waals surface area contributed by atoms with Gasteiger partial charge in [-0.2, -0.15) is 5.10 Å². The molecule has 1 aliphatic heterocycles. The van der Waals surface area contributed by atoms with Gasteiger partial charge in [0.15, 0.2) is 0 Å². The number of fused-ring (bicyclic) bond motifs is 1. The number of carbonyl (C=O) groups excluding carboxylic acids is 1. The van der Waals surface area contributed by atoms with E-state index < -0.39 is 0 Å². The number of amides is 1. The van der Waals surface area contributed by atoms with Crippen molar-refractivity contribution in [3.63, 3.8) is 0 Å². The third kappa shape index (κ3) is 2.29.